The summed E-state index contributed by atoms with van der Waals surface area (Å²) in [5.74, 6) is 0.493. The summed E-state index contributed by atoms with van der Waals surface area (Å²) < 4.78 is 5.52. The van der Waals surface area contributed by atoms with Gasteiger partial charge in [-0.15, -0.1) is 0 Å². The molecule has 0 aliphatic carbocycles. The van der Waals surface area contributed by atoms with E-state index in [9.17, 15) is 9.59 Å². The summed E-state index contributed by atoms with van der Waals surface area (Å²) in [6, 6.07) is 5.79. The molecule has 0 aromatic heterocycles. The van der Waals surface area contributed by atoms with Gasteiger partial charge in [-0.2, -0.15) is 0 Å². The summed E-state index contributed by atoms with van der Waals surface area (Å²) in [4.78, 5) is 34.7. The summed E-state index contributed by atoms with van der Waals surface area (Å²) in [5.41, 5.74) is 1.81. The van der Waals surface area contributed by atoms with Crippen molar-refractivity contribution >= 4 is 17.9 Å². The Kier molecular flexibility index (Phi) is 4.73. The summed E-state index contributed by atoms with van der Waals surface area (Å²) in [5, 5.41) is 0. The number of hydrogen-bond donors (Lipinski definition) is 0. The second-order valence-corrected chi connectivity index (χ2v) is 5.47. The Morgan fingerprint density at radius 1 is 1.30 bits per heavy atom. The number of likely N-dealkylation sites (tertiary alicyclic amines) is 1. The largest absolute Gasteiger partial charge is 0.496 e. The van der Waals surface area contributed by atoms with Crippen LogP contribution in [-0.2, 0) is 19.4 Å². The summed E-state index contributed by atoms with van der Waals surface area (Å²) in [6.07, 6.45) is 4.92. The second kappa shape index (κ2) is 6.93. The number of amides is 2. The van der Waals surface area contributed by atoms with Crippen LogP contribution in [0, 0.1) is 0 Å². The van der Waals surface area contributed by atoms with Crippen LogP contribution in [0.4, 0.5) is 0 Å². The third-order valence-electron chi connectivity index (χ3n) is 4.01. The Bertz CT molecular complexity index is 618. The van der Waals surface area contributed by atoms with E-state index >= 15 is 0 Å². The van der Waals surface area contributed by atoms with E-state index in [1.54, 1.807) is 13.2 Å². The number of para-hydroxylation sites is 1. The number of rotatable bonds is 5. The first-order valence-electron chi connectivity index (χ1n) is 7.65. The van der Waals surface area contributed by atoms with Gasteiger partial charge < -0.3 is 4.74 Å². The molecule has 122 valence electrons. The van der Waals surface area contributed by atoms with Gasteiger partial charge in [-0.1, -0.05) is 30.4 Å². The standard InChI is InChI=1S/C17H19NO5/c1-21-17-12(4-2-6-13(17)14-9-11-22-23-14)5-3-10-18-15(19)7-8-16(18)20/h2-6,14H,7-11H2,1H3/b5-3+. The van der Waals surface area contributed by atoms with Crippen LogP contribution in [0.1, 0.15) is 36.5 Å². The highest BCUT2D eigenvalue weighted by molar-refractivity contribution is 6.02. The zero-order valence-electron chi connectivity index (χ0n) is 13.0. The Balaban J connectivity index is 1.76. The summed E-state index contributed by atoms with van der Waals surface area (Å²) in [6.45, 7) is 0.848. The molecular weight excluding hydrogens is 298 g/mol. The van der Waals surface area contributed by atoms with Crippen LogP contribution in [0.25, 0.3) is 6.08 Å². The fourth-order valence-electron chi connectivity index (χ4n) is 2.85. The van der Waals surface area contributed by atoms with Crippen LogP contribution in [0.15, 0.2) is 24.3 Å². The zero-order chi connectivity index (χ0) is 16.2. The molecule has 0 N–H and O–H groups in total. The fraction of sp³-hybridized carbons (Fsp3) is 0.412. The SMILES string of the molecule is COc1c(/C=C/CN2C(=O)CCC2=O)cccc1C1CCOO1. The third kappa shape index (κ3) is 3.28. The van der Waals surface area contributed by atoms with Gasteiger partial charge in [-0.3, -0.25) is 14.5 Å². The molecule has 6 nitrogen and oxygen atoms in total. The minimum Gasteiger partial charge on any atom is -0.496 e. The molecule has 0 bridgehead atoms. The first-order chi connectivity index (χ1) is 11.2. The van der Waals surface area contributed by atoms with Crippen molar-refractivity contribution in [1.29, 1.82) is 0 Å². The molecule has 2 fully saturated rings. The number of imide groups is 1. The average molecular weight is 317 g/mol. The van der Waals surface area contributed by atoms with Crippen molar-refractivity contribution in [1.82, 2.24) is 4.90 Å². The van der Waals surface area contributed by atoms with Gasteiger partial charge in [0.05, 0.1) is 13.7 Å². The first-order valence-corrected chi connectivity index (χ1v) is 7.65. The lowest BCUT2D eigenvalue weighted by Gasteiger charge is -2.15. The van der Waals surface area contributed by atoms with Crippen molar-refractivity contribution in [3.8, 4) is 5.75 Å². The van der Waals surface area contributed by atoms with E-state index in [1.807, 2.05) is 24.3 Å². The topological polar surface area (TPSA) is 65.1 Å². The van der Waals surface area contributed by atoms with E-state index in [0.717, 1.165) is 23.3 Å². The fourth-order valence-corrected chi connectivity index (χ4v) is 2.85. The van der Waals surface area contributed by atoms with Gasteiger partial charge in [0.25, 0.3) is 0 Å². The first kappa shape index (κ1) is 15.7. The van der Waals surface area contributed by atoms with Crippen molar-refractivity contribution in [3.63, 3.8) is 0 Å². The van der Waals surface area contributed by atoms with Gasteiger partial charge in [0.15, 0.2) is 0 Å². The minimum absolute atomic E-state index is 0.114. The molecule has 3 rings (SSSR count). The molecule has 23 heavy (non-hydrogen) atoms. The summed E-state index contributed by atoms with van der Waals surface area (Å²) in [7, 11) is 1.61. The molecule has 1 atom stereocenters. The predicted octanol–water partition coefficient (Wildman–Crippen LogP) is 2.25. The van der Waals surface area contributed by atoms with Gasteiger partial charge in [0.2, 0.25) is 11.8 Å². The number of benzene rings is 1. The van der Waals surface area contributed by atoms with Crippen LogP contribution >= 0.6 is 0 Å². The van der Waals surface area contributed by atoms with E-state index in [2.05, 4.69) is 0 Å². The average Bonchev–Trinajstić information content (AvgIpc) is 3.19. The number of carbonyl (C=O) groups is 2. The quantitative estimate of drug-likeness (QED) is 0.615. The highest BCUT2D eigenvalue weighted by Crippen LogP contribution is 2.36. The molecule has 1 aromatic carbocycles. The Hall–Kier alpha value is -2.18. The van der Waals surface area contributed by atoms with Crippen molar-refractivity contribution in [3.05, 3.63) is 35.4 Å². The molecule has 2 heterocycles. The van der Waals surface area contributed by atoms with E-state index < -0.39 is 0 Å². The van der Waals surface area contributed by atoms with E-state index in [-0.39, 0.29) is 24.5 Å². The molecule has 0 saturated carbocycles. The maximum absolute atomic E-state index is 11.6. The predicted molar refractivity (Wildman–Crippen MR) is 82.4 cm³/mol. The zero-order valence-corrected chi connectivity index (χ0v) is 13.0. The lowest BCUT2D eigenvalue weighted by molar-refractivity contribution is -0.276. The van der Waals surface area contributed by atoms with Crippen LogP contribution in [0.2, 0.25) is 0 Å². The van der Waals surface area contributed by atoms with Crippen molar-refractivity contribution in [2.45, 2.75) is 25.4 Å². The van der Waals surface area contributed by atoms with Gasteiger partial charge in [-0.25, -0.2) is 9.78 Å². The number of carbonyl (C=O) groups excluding carboxylic acids is 2. The molecule has 2 saturated heterocycles. The van der Waals surface area contributed by atoms with Crippen molar-refractivity contribution in [2.75, 3.05) is 20.3 Å². The van der Waals surface area contributed by atoms with Crippen LogP contribution < -0.4 is 4.74 Å². The number of methoxy groups -OCH3 is 1. The molecule has 2 aliphatic rings. The van der Waals surface area contributed by atoms with Crippen LogP contribution in [0.5, 0.6) is 5.75 Å². The smallest absolute Gasteiger partial charge is 0.229 e. The molecule has 2 amide bonds. The number of ether oxygens (including phenoxy) is 1. The van der Waals surface area contributed by atoms with Gasteiger partial charge in [0.1, 0.15) is 11.9 Å². The van der Waals surface area contributed by atoms with Crippen molar-refractivity contribution < 1.29 is 24.1 Å². The Morgan fingerprint density at radius 2 is 2.09 bits per heavy atom. The Labute approximate surface area is 134 Å². The highest BCUT2D eigenvalue weighted by Gasteiger charge is 2.27. The van der Waals surface area contributed by atoms with Gasteiger partial charge >= 0.3 is 0 Å². The number of hydrogen-bond acceptors (Lipinski definition) is 5. The van der Waals surface area contributed by atoms with E-state index in [1.165, 1.54) is 4.90 Å². The molecule has 1 aromatic rings. The molecule has 0 radical (unpaired) electrons. The number of nitrogens with zero attached hydrogens (tertiary/aromatic N) is 1. The maximum atomic E-state index is 11.6. The van der Waals surface area contributed by atoms with E-state index in [0.29, 0.717) is 19.4 Å². The third-order valence-corrected chi connectivity index (χ3v) is 4.01. The molecule has 0 spiro atoms. The second-order valence-electron chi connectivity index (χ2n) is 5.47. The van der Waals surface area contributed by atoms with Crippen LogP contribution in [0.3, 0.4) is 0 Å². The molecule has 2 aliphatic heterocycles. The lowest BCUT2D eigenvalue weighted by Crippen LogP contribution is -2.28. The molecular formula is C17H19NO5. The molecule has 1 unspecified atom stereocenters. The van der Waals surface area contributed by atoms with Gasteiger partial charge in [0, 0.05) is 36.9 Å². The maximum Gasteiger partial charge on any atom is 0.229 e. The van der Waals surface area contributed by atoms with Crippen molar-refractivity contribution in [2.24, 2.45) is 0 Å². The van der Waals surface area contributed by atoms with Crippen LogP contribution in [-0.4, -0.2) is 37.0 Å². The highest BCUT2D eigenvalue weighted by atomic mass is 17.2. The van der Waals surface area contributed by atoms with Gasteiger partial charge in [-0.05, 0) is 0 Å². The van der Waals surface area contributed by atoms with E-state index in [4.69, 9.17) is 14.5 Å². The molecule has 6 heteroatoms. The summed E-state index contributed by atoms with van der Waals surface area (Å²) >= 11 is 0. The Morgan fingerprint density at radius 3 is 2.74 bits per heavy atom. The minimum atomic E-state index is -0.139. The lowest BCUT2D eigenvalue weighted by atomic mass is 10.0. The normalized spacial score (nSPS) is 21.6. The monoisotopic (exact) mass is 317 g/mol.